The molecule has 0 heterocycles. The molecule has 0 amide bonds. The van der Waals surface area contributed by atoms with Crippen LogP contribution in [0.2, 0.25) is 0 Å². The Morgan fingerprint density at radius 2 is 2.00 bits per heavy atom. The van der Waals surface area contributed by atoms with Gasteiger partial charge in [-0.05, 0) is 43.6 Å². The molecule has 0 aromatic carbocycles. The highest BCUT2D eigenvalue weighted by Gasteiger charge is 2.18. The fraction of sp³-hybridized carbons (Fsp3) is 0.889. The van der Waals surface area contributed by atoms with Gasteiger partial charge in [0.05, 0.1) is 19.3 Å². The monoisotopic (exact) mass is 297 g/mol. The molecular formula is C18H35NO2. The number of ether oxygens (including phenoxy) is 1. The molecule has 1 rings (SSSR count). The van der Waals surface area contributed by atoms with E-state index in [-0.39, 0.29) is 6.10 Å². The molecule has 21 heavy (non-hydrogen) atoms. The molecule has 0 aromatic rings. The van der Waals surface area contributed by atoms with Crippen LogP contribution in [0.3, 0.4) is 0 Å². The van der Waals surface area contributed by atoms with Crippen molar-refractivity contribution >= 4 is 0 Å². The fourth-order valence-electron chi connectivity index (χ4n) is 2.72. The Balaban J connectivity index is 1.94. The van der Waals surface area contributed by atoms with Crippen LogP contribution in [0.15, 0.2) is 12.2 Å². The van der Waals surface area contributed by atoms with Crippen LogP contribution in [-0.4, -0.2) is 37.5 Å². The van der Waals surface area contributed by atoms with E-state index in [1.165, 1.54) is 19.3 Å². The average molecular weight is 297 g/mol. The second-order valence-corrected chi connectivity index (χ2v) is 6.97. The molecule has 1 aliphatic carbocycles. The lowest BCUT2D eigenvalue weighted by molar-refractivity contribution is 0.0129. The van der Waals surface area contributed by atoms with Crippen molar-refractivity contribution in [1.82, 2.24) is 5.32 Å². The summed E-state index contributed by atoms with van der Waals surface area (Å²) in [4.78, 5) is 0. The normalized spacial score (nSPS) is 23.7. The third-order valence-electron chi connectivity index (χ3n) is 4.33. The summed E-state index contributed by atoms with van der Waals surface area (Å²) in [6.45, 7) is 9.67. The second kappa shape index (κ2) is 11.2. The molecule has 3 atom stereocenters. The van der Waals surface area contributed by atoms with Gasteiger partial charge < -0.3 is 15.2 Å². The minimum absolute atomic E-state index is 0.385. The molecule has 0 saturated heterocycles. The minimum atomic E-state index is -0.385. The van der Waals surface area contributed by atoms with Gasteiger partial charge in [0.1, 0.15) is 0 Å². The van der Waals surface area contributed by atoms with Gasteiger partial charge in [-0.1, -0.05) is 45.8 Å². The molecule has 3 nitrogen and oxygen atoms in total. The van der Waals surface area contributed by atoms with E-state index in [2.05, 4.69) is 38.2 Å². The lowest BCUT2D eigenvalue weighted by Gasteiger charge is -2.25. The molecule has 0 aliphatic heterocycles. The Bertz CT molecular complexity index is 278. The molecule has 0 bridgehead atoms. The Morgan fingerprint density at radius 1 is 1.24 bits per heavy atom. The van der Waals surface area contributed by atoms with Gasteiger partial charge in [-0.25, -0.2) is 0 Å². The van der Waals surface area contributed by atoms with E-state index in [0.717, 1.165) is 31.9 Å². The number of aliphatic hydroxyl groups excluding tert-OH is 1. The van der Waals surface area contributed by atoms with Gasteiger partial charge in [0, 0.05) is 6.54 Å². The first-order valence-electron chi connectivity index (χ1n) is 8.71. The van der Waals surface area contributed by atoms with Gasteiger partial charge >= 0.3 is 0 Å². The van der Waals surface area contributed by atoms with Gasteiger partial charge in [0.15, 0.2) is 0 Å². The van der Waals surface area contributed by atoms with Gasteiger partial charge in [0.2, 0.25) is 0 Å². The lowest BCUT2D eigenvalue weighted by atomic mass is 9.85. The molecular weight excluding hydrogens is 262 g/mol. The molecule has 0 radical (unpaired) electrons. The first kappa shape index (κ1) is 18.7. The SMILES string of the molecule is CC(C)CCCCNCC(O)COCC1CC=CCC1C. The highest BCUT2D eigenvalue weighted by molar-refractivity contribution is 4.93. The molecule has 0 aromatic heterocycles. The zero-order chi connectivity index (χ0) is 15.5. The molecule has 0 saturated carbocycles. The van der Waals surface area contributed by atoms with Crippen molar-refractivity contribution in [2.75, 3.05) is 26.3 Å². The molecule has 0 fully saturated rings. The van der Waals surface area contributed by atoms with E-state index < -0.39 is 0 Å². The van der Waals surface area contributed by atoms with E-state index in [0.29, 0.717) is 25.0 Å². The predicted molar refractivity (Wildman–Crippen MR) is 89.4 cm³/mol. The third kappa shape index (κ3) is 9.28. The van der Waals surface area contributed by atoms with Crippen molar-refractivity contribution in [1.29, 1.82) is 0 Å². The largest absolute Gasteiger partial charge is 0.389 e. The summed E-state index contributed by atoms with van der Waals surface area (Å²) in [7, 11) is 0. The van der Waals surface area contributed by atoms with E-state index in [1.807, 2.05) is 0 Å². The van der Waals surface area contributed by atoms with E-state index in [4.69, 9.17) is 4.74 Å². The summed E-state index contributed by atoms with van der Waals surface area (Å²) >= 11 is 0. The summed E-state index contributed by atoms with van der Waals surface area (Å²) in [5.74, 6) is 2.11. The summed E-state index contributed by atoms with van der Waals surface area (Å²) in [6, 6.07) is 0. The Kier molecular flexibility index (Phi) is 9.98. The number of hydrogen-bond acceptors (Lipinski definition) is 3. The van der Waals surface area contributed by atoms with Crippen LogP contribution in [0.25, 0.3) is 0 Å². The quantitative estimate of drug-likeness (QED) is 0.454. The number of rotatable bonds is 11. The standard InChI is InChI=1S/C18H35NO2/c1-15(2)8-6-7-11-19-12-18(20)14-21-13-17-10-5-4-9-16(17)3/h4-5,15-20H,6-14H2,1-3H3. The van der Waals surface area contributed by atoms with Gasteiger partial charge in [0.25, 0.3) is 0 Å². The van der Waals surface area contributed by atoms with Crippen LogP contribution in [0.4, 0.5) is 0 Å². The van der Waals surface area contributed by atoms with Gasteiger partial charge in [-0.2, -0.15) is 0 Å². The maximum atomic E-state index is 9.89. The Morgan fingerprint density at radius 3 is 2.71 bits per heavy atom. The second-order valence-electron chi connectivity index (χ2n) is 6.97. The zero-order valence-electron chi connectivity index (χ0n) is 14.2. The van der Waals surface area contributed by atoms with Crippen LogP contribution in [-0.2, 0) is 4.74 Å². The number of hydrogen-bond donors (Lipinski definition) is 2. The predicted octanol–water partition coefficient (Wildman–Crippen LogP) is 3.38. The maximum Gasteiger partial charge on any atom is 0.0897 e. The molecule has 1 aliphatic rings. The van der Waals surface area contributed by atoms with Crippen LogP contribution in [0.5, 0.6) is 0 Å². The molecule has 0 spiro atoms. The number of aliphatic hydroxyl groups is 1. The minimum Gasteiger partial charge on any atom is -0.389 e. The van der Waals surface area contributed by atoms with Crippen LogP contribution in [0, 0.1) is 17.8 Å². The highest BCUT2D eigenvalue weighted by atomic mass is 16.5. The molecule has 2 N–H and O–H groups in total. The highest BCUT2D eigenvalue weighted by Crippen LogP contribution is 2.24. The summed E-state index contributed by atoms with van der Waals surface area (Å²) in [6.07, 6.45) is 10.2. The van der Waals surface area contributed by atoms with E-state index in [9.17, 15) is 5.11 Å². The zero-order valence-corrected chi connectivity index (χ0v) is 14.2. The van der Waals surface area contributed by atoms with Gasteiger partial charge in [-0.3, -0.25) is 0 Å². The van der Waals surface area contributed by atoms with Gasteiger partial charge in [-0.15, -0.1) is 0 Å². The smallest absolute Gasteiger partial charge is 0.0897 e. The first-order chi connectivity index (χ1) is 10.1. The summed E-state index contributed by atoms with van der Waals surface area (Å²) in [5.41, 5.74) is 0. The first-order valence-corrected chi connectivity index (χ1v) is 8.71. The Hall–Kier alpha value is -0.380. The van der Waals surface area contributed by atoms with E-state index >= 15 is 0 Å². The Labute approximate surface area is 131 Å². The van der Waals surface area contributed by atoms with Crippen LogP contribution >= 0.6 is 0 Å². The fourth-order valence-corrected chi connectivity index (χ4v) is 2.72. The number of unbranched alkanes of at least 4 members (excludes halogenated alkanes) is 1. The number of nitrogens with one attached hydrogen (secondary N) is 1. The van der Waals surface area contributed by atoms with Crippen molar-refractivity contribution in [2.24, 2.45) is 17.8 Å². The summed E-state index contributed by atoms with van der Waals surface area (Å²) in [5, 5.41) is 13.2. The average Bonchev–Trinajstić information content (AvgIpc) is 2.44. The van der Waals surface area contributed by atoms with Crippen molar-refractivity contribution in [3.63, 3.8) is 0 Å². The van der Waals surface area contributed by atoms with E-state index in [1.54, 1.807) is 0 Å². The summed E-state index contributed by atoms with van der Waals surface area (Å²) < 4.78 is 5.69. The third-order valence-corrected chi connectivity index (χ3v) is 4.33. The molecule has 3 heteroatoms. The van der Waals surface area contributed by atoms with Crippen molar-refractivity contribution < 1.29 is 9.84 Å². The van der Waals surface area contributed by atoms with Crippen molar-refractivity contribution in [3.8, 4) is 0 Å². The maximum absolute atomic E-state index is 9.89. The van der Waals surface area contributed by atoms with Crippen molar-refractivity contribution in [2.45, 2.75) is 59.0 Å². The van der Waals surface area contributed by atoms with Crippen molar-refractivity contribution in [3.05, 3.63) is 12.2 Å². The lowest BCUT2D eigenvalue weighted by Crippen LogP contribution is -2.32. The van der Waals surface area contributed by atoms with Crippen LogP contribution < -0.4 is 5.32 Å². The molecule has 3 unspecified atom stereocenters. The molecule has 124 valence electrons. The van der Waals surface area contributed by atoms with Crippen LogP contribution in [0.1, 0.15) is 52.9 Å². The topological polar surface area (TPSA) is 41.5 Å². The number of allylic oxidation sites excluding steroid dienone is 2.